The van der Waals surface area contributed by atoms with Crippen molar-refractivity contribution in [3.63, 3.8) is 0 Å². The van der Waals surface area contributed by atoms with Crippen LogP contribution >= 0.6 is 23.2 Å². The molecule has 0 aliphatic rings. The quantitative estimate of drug-likeness (QED) is 0.246. The number of hydrogen-bond acceptors (Lipinski definition) is 3. The zero-order valence-corrected chi connectivity index (χ0v) is 23.6. The number of nitrogens with zero attached hydrogens (tertiary/aromatic N) is 3. The third-order valence-electron chi connectivity index (χ3n) is 6.32. The second-order valence-corrected chi connectivity index (χ2v) is 11.1. The van der Waals surface area contributed by atoms with Crippen LogP contribution in [-0.4, -0.2) is 39.6 Å². The maximum absolute atomic E-state index is 13.6. The Balaban J connectivity index is 1.63. The van der Waals surface area contributed by atoms with Gasteiger partial charge in [-0.25, -0.2) is 4.68 Å². The Kier molecular flexibility index (Phi) is 8.44. The second-order valence-electron chi connectivity index (χ2n) is 10.3. The first kappa shape index (κ1) is 27.7. The van der Waals surface area contributed by atoms with Crippen molar-refractivity contribution in [3.05, 3.63) is 88.0 Å². The number of benzene rings is 3. The highest BCUT2D eigenvalue weighted by Gasteiger charge is 2.24. The van der Waals surface area contributed by atoms with Crippen molar-refractivity contribution in [3.8, 4) is 5.69 Å². The van der Waals surface area contributed by atoms with Crippen LogP contribution in [0.25, 0.3) is 16.5 Å². The lowest BCUT2D eigenvalue weighted by molar-refractivity contribution is -0.116. The molecule has 0 fully saturated rings. The van der Waals surface area contributed by atoms with Gasteiger partial charge in [-0.1, -0.05) is 93.7 Å². The summed E-state index contributed by atoms with van der Waals surface area (Å²) in [6.07, 6.45) is 1.69. The fourth-order valence-electron chi connectivity index (χ4n) is 4.19. The number of unbranched alkanes of at least 4 members (excludes halogenated alkanes) is 1. The number of carbonyl (C=O) groups excluding carboxylic acids is 2. The summed E-state index contributed by atoms with van der Waals surface area (Å²) in [6, 6.07) is 20.5. The lowest BCUT2D eigenvalue weighted by Crippen LogP contribution is -2.39. The number of halogens is 2. The van der Waals surface area contributed by atoms with E-state index in [9.17, 15) is 9.59 Å². The van der Waals surface area contributed by atoms with Crippen molar-refractivity contribution in [2.75, 3.05) is 18.4 Å². The molecule has 0 bridgehead atoms. The van der Waals surface area contributed by atoms with Crippen molar-refractivity contribution in [1.29, 1.82) is 0 Å². The van der Waals surface area contributed by atoms with Gasteiger partial charge in [0.25, 0.3) is 5.91 Å². The van der Waals surface area contributed by atoms with Gasteiger partial charge in [0.15, 0.2) is 0 Å². The van der Waals surface area contributed by atoms with Crippen molar-refractivity contribution >= 4 is 51.6 Å². The summed E-state index contributed by atoms with van der Waals surface area (Å²) in [5, 5.41) is 10.4. The standard InChI is InChI=1S/C30H32Cl2N4O2/c1-5-6-16-35(29(38)23-13-9-11-20-10-7-8-12-22(20)23)19-28(37)33-27-18-26(30(2,3)4)34-36(27)21-14-15-24(31)25(32)17-21/h7-15,17-18H,5-6,16,19H2,1-4H3,(H,33,37). The van der Waals surface area contributed by atoms with E-state index in [1.165, 1.54) is 0 Å². The molecule has 0 radical (unpaired) electrons. The van der Waals surface area contributed by atoms with E-state index in [0.29, 0.717) is 33.7 Å². The van der Waals surface area contributed by atoms with Crippen molar-refractivity contribution in [1.82, 2.24) is 14.7 Å². The first-order chi connectivity index (χ1) is 18.1. The minimum absolute atomic E-state index is 0.0839. The van der Waals surface area contributed by atoms with E-state index in [1.807, 2.05) is 48.5 Å². The third kappa shape index (κ3) is 6.20. The first-order valence-corrected chi connectivity index (χ1v) is 13.5. The molecule has 0 aliphatic heterocycles. The molecule has 3 aromatic carbocycles. The lowest BCUT2D eigenvalue weighted by Gasteiger charge is -2.23. The maximum atomic E-state index is 13.6. The highest BCUT2D eigenvalue weighted by Crippen LogP contribution is 2.29. The topological polar surface area (TPSA) is 67.2 Å². The van der Waals surface area contributed by atoms with Gasteiger partial charge in [0.05, 0.1) is 21.4 Å². The Morgan fingerprint density at radius 3 is 2.42 bits per heavy atom. The summed E-state index contributed by atoms with van der Waals surface area (Å²) >= 11 is 12.4. The van der Waals surface area contributed by atoms with Gasteiger partial charge in [0, 0.05) is 23.6 Å². The van der Waals surface area contributed by atoms with Crippen LogP contribution in [0.2, 0.25) is 10.0 Å². The van der Waals surface area contributed by atoms with Crippen LogP contribution < -0.4 is 5.32 Å². The van der Waals surface area contributed by atoms with Gasteiger partial charge >= 0.3 is 0 Å². The predicted octanol–water partition coefficient (Wildman–Crippen LogP) is 7.51. The summed E-state index contributed by atoms with van der Waals surface area (Å²) in [6.45, 7) is 8.61. The second kappa shape index (κ2) is 11.6. The molecule has 0 unspecified atom stereocenters. The SMILES string of the molecule is CCCCN(CC(=O)Nc1cc(C(C)(C)C)nn1-c1ccc(Cl)c(Cl)c1)C(=O)c1cccc2ccccc12. The molecular formula is C30H32Cl2N4O2. The fourth-order valence-corrected chi connectivity index (χ4v) is 4.48. The van der Waals surface area contributed by atoms with Gasteiger partial charge < -0.3 is 10.2 Å². The summed E-state index contributed by atoms with van der Waals surface area (Å²) < 4.78 is 1.64. The highest BCUT2D eigenvalue weighted by atomic mass is 35.5. The molecule has 2 amide bonds. The van der Waals surface area contributed by atoms with Gasteiger partial charge in [-0.15, -0.1) is 0 Å². The molecule has 0 spiro atoms. The molecule has 0 aliphatic carbocycles. The number of fused-ring (bicyclic) bond motifs is 1. The van der Waals surface area contributed by atoms with Crippen LogP contribution in [-0.2, 0) is 10.2 Å². The van der Waals surface area contributed by atoms with E-state index >= 15 is 0 Å². The molecule has 0 atom stereocenters. The minimum atomic E-state index is -0.309. The van der Waals surface area contributed by atoms with E-state index in [2.05, 4.69) is 33.0 Å². The van der Waals surface area contributed by atoms with Crippen LogP contribution in [0, 0.1) is 0 Å². The molecule has 198 valence electrons. The average molecular weight is 552 g/mol. The average Bonchev–Trinajstić information content (AvgIpc) is 3.31. The van der Waals surface area contributed by atoms with E-state index in [1.54, 1.807) is 27.8 Å². The number of carbonyl (C=O) groups is 2. The first-order valence-electron chi connectivity index (χ1n) is 12.7. The highest BCUT2D eigenvalue weighted by molar-refractivity contribution is 6.42. The van der Waals surface area contributed by atoms with Crippen LogP contribution in [0.5, 0.6) is 0 Å². The summed E-state index contributed by atoms with van der Waals surface area (Å²) in [5.41, 5.74) is 1.80. The molecule has 6 nitrogen and oxygen atoms in total. The molecule has 4 rings (SSSR count). The number of hydrogen-bond donors (Lipinski definition) is 1. The smallest absolute Gasteiger partial charge is 0.254 e. The van der Waals surface area contributed by atoms with E-state index < -0.39 is 0 Å². The number of amides is 2. The normalized spacial score (nSPS) is 11.5. The van der Waals surface area contributed by atoms with Gasteiger partial charge in [-0.2, -0.15) is 5.10 Å². The number of anilines is 1. The maximum Gasteiger partial charge on any atom is 0.254 e. The Morgan fingerprint density at radius 2 is 1.71 bits per heavy atom. The Morgan fingerprint density at radius 1 is 0.974 bits per heavy atom. The molecule has 1 heterocycles. The Bertz CT molecular complexity index is 1470. The van der Waals surface area contributed by atoms with Crippen LogP contribution in [0.4, 0.5) is 5.82 Å². The van der Waals surface area contributed by atoms with E-state index in [-0.39, 0.29) is 23.8 Å². The zero-order chi connectivity index (χ0) is 27.4. The van der Waals surface area contributed by atoms with Crippen molar-refractivity contribution in [2.45, 2.75) is 46.0 Å². The molecule has 8 heteroatoms. The third-order valence-corrected chi connectivity index (χ3v) is 7.06. The van der Waals surface area contributed by atoms with Gasteiger partial charge in [0.1, 0.15) is 12.4 Å². The summed E-state index contributed by atoms with van der Waals surface area (Å²) in [7, 11) is 0. The van der Waals surface area contributed by atoms with Crippen molar-refractivity contribution < 1.29 is 9.59 Å². The van der Waals surface area contributed by atoms with Crippen LogP contribution in [0.3, 0.4) is 0 Å². The molecule has 4 aromatic rings. The molecule has 0 saturated heterocycles. The van der Waals surface area contributed by atoms with Gasteiger partial charge in [-0.3, -0.25) is 9.59 Å². The van der Waals surface area contributed by atoms with Crippen molar-refractivity contribution in [2.24, 2.45) is 0 Å². The number of nitrogens with one attached hydrogen (secondary N) is 1. The van der Waals surface area contributed by atoms with Gasteiger partial charge in [0.2, 0.25) is 5.91 Å². The molecule has 0 saturated carbocycles. The van der Waals surface area contributed by atoms with Gasteiger partial charge in [-0.05, 0) is 41.5 Å². The largest absolute Gasteiger partial charge is 0.329 e. The monoisotopic (exact) mass is 550 g/mol. The van der Waals surface area contributed by atoms with Crippen LogP contribution in [0.15, 0.2) is 66.7 Å². The van der Waals surface area contributed by atoms with E-state index in [4.69, 9.17) is 28.3 Å². The zero-order valence-electron chi connectivity index (χ0n) is 22.1. The fraction of sp³-hybridized carbons (Fsp3) is 0.300. The predicted molar refractivity (Wildman–Crippen MR) is 156 cm³/mol. The Labute approximate surface area is 233 Å². The summed E-state index contributed by atoms with van der Waals surface area (Å²) in [5.74, 6) is 0.0153. The number of aromatic nitrogens is 2. The molecule has 38 heavy (non-hydrogen) atoms. The molecule has 1 aromatic heterocycles. The molecular weight excluding hydrogens is 519 g/mol. The van der Waals surface area contributed by atoms with E-state index in [0.717, 1.165) is 29.3 Å². The van der Waals surface area contributed by atoms with Crippen LogP contribution in [0.1, 0.15) is 56.6 Å². The lowest BCUT2D eigenvalue weighted by atomic mass is 9.92. The summed E-state index contributed by atoms with van der Waals surface area (Å²) in [4.78, 5) is 28.6. The minimum Gasteiger partial charge on any atom is -0.329 e. The number of rotatable bonds is 8. The Hall–Kier alpha value is -3.35. The molecule has 1 N–H and O–H groups in total.